The number of hydrogen-bond acceptors (Lipinski definition) is 2. The number of fused-ring (bicyclic) bond motifs is 2. The van der Waals surface area contributed by atoms with Crippen molar-refractivity contribution in [1.29, 1.82) is 0 Å². The van der Waals surface area contributed by atoms with Gasteiger partial charge >= 0.3 is 0 Å². The SMILES string of the molecule is Oc1ccc2cccc3c2c1C1(CC3)CCc2cccc3ccc(O)c1c23. The second-order valence-corrected chi connectivity index (χ2v) is 8.03. The van der Waals surface area contributed by atoms with E-state index in [1.807, 2.05) is 24.3 Å². The van der Waals surface area contributed by atoms with Crippen molar-refractivity contribution >= 4 is 21.5 Å². The predicted octanol–water partition coefficient (Wildman–Crippen LogP) is 5.58. The molecule has 0 saturated carbocycles. The Morgan fingerprint density at radius 2 is 1.07 bits per heavy atom. The Morgan fingerprint density at radius 3 is 1.56 bits per heavy atom. The Labute approximate surface area is 157 Å². The number of rotatable bonds is 0. The van der Waals surface area contributed by atoms with Crippen molar-refractivity contribution in [2.75, 3.05) is 0 Å². The minimum atomic E-state index is -0.337. The van der Waals surface area contributed by atoms with Crippen molar-refractivity contribution in [3.8, 4) is 11.5 Å². The molecular formula is C25H20O2. The molecule has 2 heteroatoms. The maximum Gasteiger partial charge on any atom is 0.120 e. The van der Waals surface area contributed by atoms with Crippen LogP contribution in [0.2, 0.25) is 0 Å². The molecule has 0 atom stereocenters. The summed E-state index contributed by atoms with van der Waals surface area (Å²) in [6.45, 7) is 0. The first kappa shape index (κ1) is 15.1. The third-order valence-corrected chi connectivity index (χ3v) is 6.82. The predicted molar refractivity (Wildman–Crippen MR) is 109 cm³/mol. The van der Waals surface area contributed by atoms with Crippen LogP contribution in [0.15, 0.2) is 60.7 Å². The first-order valence-electron chi connectivity index (χ1n) is 9.67. The van der Waals surface area contributed by atoms with Crippen LogP contribution in [0.1, 0.15) is 35.1 Å². The fourth-order valence-electron chi connectivity index (χ4n) is 5.72. The summed E-state index contributed by atoms with van der Waals surface area (Å²) in [6, 6.07) is 20.5. The molecule has 0 aromatic heterocycles. The molecule has 132 valence electrons. The van der Waals surface area contributed by atoms with Crippen LogP contribution in [0.5, 0.6) is 11.5 Å². The van der Waals surface area contributed by atoms with Crippen LogP contribution in [0.25, 0.3) is 21.5 Å². The lowest BCUT2D eigenvalue weighted by Gasteiger charge is -2.43. The standard InChI is InChI=1S/C25H20O2/c26-19-9-7-15-3-1-5-17-11-13-25(23(19)21(15)17)14-12-18-6-2-4-16-8-10-20(27)24(25)22(16)18/h1-10,26-27H,11-14H2. The van der Waals surface area contributed by atoms with Crippen molar-refractivity contribution in [1.82, 2.24) is 0 Å². The fourth-order valence-corrected chi connectivity index (χ4v) is 5.72. The fraction of sp³-hybridized carbons (Fsp3) is 0.200. The Morgan fingerprint density at radius 1 is 0.593 bits per heavy atom. The van der Waals surface area contributed by atoms with E-state index in [-0.39, 0.29) is 5.41 Å². The second kappa shape index (κ2) is 5.04. The van der Waals surface area contributed by atoms with Gasteiger partial charge in [0, 0.05) is 16.5 Å². The first-order valence-corrected chi connectivity index (χ1v) is 9.67. The van der Waals surface area contributed by atoms with Gasteiger partial charge in [-0.25, -0.2) is 0 Å². The van der Waals surface area contributed by atoms with Crippen molar-refractivity contribution < 1.29 is 10.2 Å². The molecular weight excluding hydrogens is 332 g/mol. The zero-order valence-corrected chi connectivity index (χ0v) is 15.0. The van der Waals surface area contributed by atoms with E-state index in [9.17, 15) is 10.2 Å². The van der Waals surface area contributed by atoms with Crippen LogP contribution in [0.3, 0.4) is 0 Å². The number of hydrogen-bond donors (Lipinski definition) is 2. The zero-order chi connectivity index (χ0) is 18.2. The smallest absolute Gasteiger partial charge is 0.120 e. The largest absolute Gasteiger partial charge is 0.508 e. The second-order valence-electron chi connectivity index (χ2n) is 8.03. The van der Waals surface area contributed by atoms with Crippen molar-refractivity contribution in [3.05, 3.63) is 82.9 Å². The van der Waals surface area contributed by atoms with E-state index in [0.29, 0.717) is 11.5 Å². The molecule has 6 rings (SSSR count). The van der Waals surface area contributed by atoms with E-state index in [0.717, 1.165) is 36.8 Å². The normalized spacial score (nSPS) is 16.9. The minimum Gasteiger partial charge on any atom is -0.508 e. The topological polar surface area (TPSA) is 40.5 Å². The van der Waals surface area contributed by atoms with Crippen LogP contribution in [-0.2, 0) is 18.3 Å². The van der Waals surface area contributed by atoms with Gasteiger partial charge in [-0.05, 0) is 70.5 Å². The van der Waals surface area contributed by atoms with Gasteiger partial charge in [0.15, 0.2) is 0 Å². The summed E-state index contributed by atoms with van der Waals surface area (Å²) < 4.78 is 0. The Kier molecular flexibility index (Phi) is 2.82. The average Bonchev–Trinajstić information content (AvgIpc) is 2.70. The van der Waals surface area contributed by atoms with Crippen LogP contribution < -0.4 is 0 Å². The van der Waals surface area contributed by atoms with E-state index >= 15 is 0 Å². The summed E-state index contributed by atoms with van der Waals surface area (Å²) in [5.74, 6) is 0.705. The van der Waals surface area contributed by atoms with Gasteiger partial charge in [0.1, 0.15) is 11.5 Å². The Hall–Kier alpha value is -3.00. The van der Waals surface area contributed by atoms with Crippen molar-refractivity contribution in [2.24, 2.45) is 0 Å². The molecule has 2 nitrogen and oxygen atoms in total. The van der Waals surface area contributed by atoms with Crippen LogP contribution in [0.4, 0.5) is 0 Å². The molecule has 0 radical (unpaired) electrons. The molecule has 0 amide bonds. The summed E-state index contributed by atoms with van der Waals surface area (Å²) in [7, 11) is 0. The van der Waals surface area contributed by atoms with E-state index in [4.69, 9.17) is 0 Å². The lowest BCUT2D eigenvalue weighted by Crippen LogP contribution is -2.35. The van der Waals surface area contributed by atoms with Gasteiger partial charge in [-0.1, -0.05) is 48.5 Å². The first-order chi connectivity index (χ1) is 13.2. The van der Waals surface area contributed by atoms with E-state index in [2.05, 4.69) is 36.4 Å². The van der Waals surface area contributed by atoms with Crippen molar-refractivity contribution in [3.63, 3.8) is 0 Å². The molecule has 4 aromatic rings. The summed E-state index contributed by atoms with van der Waals surface area (Å²) in [5, 5.41) is 26.7. The van der Waals surface area contributed by atoms with Gasteiger partial charge in [0.25, 0.3) is 0 Å². The summed E-state index contributed by atoms with van der Waals surface area (Å²) >= 11 is 0. The van der Waals surface area contributed by atoms with Crippen LogP contribution >= 0.6 is 0 Å². The molecule has 2 aliphatic rings. The highest BCUT2D eigenvalue weighted by atomic mass is 16.3. The molecule has 2 aliphatic carbocycles. The Bertz CT molecular complexity index is 1150. The molecule has 1 spiro atoms. The lowest BCUT2D eigenvalue weighted by molar-refractivity contribution is 0.374. The number of benzene rings is 4. The van der Waals surface area contributed by atoms with E-state index in [1.165, 1.54) is 32.7 Å². The summed E-state index contributed by atoms with van der Waals surface area (Å²) in [5.41, 5.74) is 4.29. The monoisotopic (exact) mass is 352 g/mol. The van der Waals surface area contributed by atoms with Gasteiger partial charge in [-0.3, -0.25) is 0 Å². The highest BCUT2D eigenvalue weighted by Gasteiger charge is 2.45. The Balaban J connectivity index is 1.81. The molecule has 0 aliphatic heterocycles. The average molecular weight is 352 g/mol. The third kappa shape index (κ3) is 1.80. The number of aryl methyl sites for hydroxylation is 2. The number of aromatic hydroxyl groups is 2. The lowest BCUT2D eigenvalue weighted by atomic mass is 9.59. The molecule has 4 aromatic carbocycles. The molecule has 2 N–H and O–H groups in total. The summed E-state index contributed by atoms with van der Waals surface area (Å²) in [6.07, 6.45) is 3.76. The van der Waals surface area contributed by atoms with Crippen molar-refractivity contribution in [2.45, 2.75) is 31.1 Å². The zero-order valence-electron chi connectivity index (χ0n) is 15.0. The van der Waals surface area contributed by atoms with Gasteiger partial charge in [-0.2, -0.15) is 0 Å². The van der Waals surface area contributed by atoms with Crippen LogP contribution in [-0.4, -0.2) is 10.2 Å². The quantitative estimate of drug-likeness (QED) is 0.433. The van der Waals surface area contributed by atoms with E-state index in [1.54, 1.807) is 0 Å². The maximum absolute atomic E-state index is 11.0. The molecule has 27 heavy (non-hydrogen) atoms. The highest BCUT2D eigenvalue weighted by Crippen LogP contribution is 2.57. The number of phenolic OH excluding ortho intramolecular Hbond substituents is 2. The minimum absolute atomic E-state index is 0.337. The molecule has 0 fully saturated rings. The highest BCUT2D eigenvalue weighted by molar-refractivity contribution is 5.98. The molecule has 0 heterocycles. The maximum atomic E-state index is 11.0. The molecule has 0 unspecified atom stereocenters. The third-order valence-electron chi connectivity index (χ3n) is 6.82. The number of phenols is 2. The summed E-state index contributed by atoms with van der Waals surface area (Å²) in [4.78, 5) is 0. The van der Waals surface area contributed by atoms with Gasteiger partial charge in [0.2, 0.25) is 0 Å². The van der Waals surface area contributed by atoms with Gasteiger partial charge < -0.3 is 10.2 Å². The molecule has 0 bridgehead atoms. The van der Waals surface area contributed by atoms with Gasteiger partial charge in [-0.15, -0.1) is 0 Å². The van der Waals surface area contributed by atoms with Crippen LogP contribution in [0, 0.1) is 0 Å². The van der Waals surface area contributed by atoms with E-state index < -0.39 is 0 Å². The van der Waals surface area contributed by atoms with Gasteiger partial charge in [0.05, 0.1) is 0 Å². The molecule has 0 saturated heterocycles.